The fourth-order valence-electron chi connectivity index (χ4n) is 4.32. The summed E-state index contributed by atoms with van der Waals surface area (Å²) in [5.74, 6) is -0.346. The highest BCUT2D eigenvalue weighted by atomic mass is 19.4. The largest absolute Gasteiger partial charge is 0.573 e. The number of rotatable bonds is 5. The molecular weight excluding hydrogens is 424 g/mol. The summed E-state index contributed by atoms with van der Waals surface area (Å²) in [6.07, 6.45) is 0.691. The number of carbonyl (C=O) groups is 1. The molecule has 1 aliphatic carbocycles. The van der Waals surface area contributed by atoms with Crippen molar-refractivity contribution >= 4 is 16.8 Å². The molecule has 0 saturated heterocycles. The number of pyridine rings is 1. The summed E-state index contributed by atoms with van der Waals surface area (Å²) in [4.78, 5) is 16.6. The first-order chi connectivity index (χ1) is 15.3. The van der Waals surface area contributed by atoms with Crippen LogP contribution < -0.4 is 10.1 Å². The van der Waals surface area contributed by atoms with Crippen LogP contribution in [0.3, 0.4) is 0 Å². The van der Waals surface area contributed by atoms with E-state index in [1.807, 2.05) is 6.07 Å². The van der Waals surface area contributed by atoms with Crippen LogP contribution in [0, 0.1) is 11.7 Å². The first kappa shape index (κ1) is 22.0. The smallest absolute Gasteiger partial charge is 0.406 e. The van der Waals surface area contributed by atoms with Crippen LogP contribution in [0.15, 0.2) is 54.7 Å². The van der Waals surface area contributed by atoms with Crippen LogP contribution in [0.1, 0.15) is 47.5 Å². The number of fused-ring (bicyclic) bond motifs is 1. The highest BCUT2D eigenvalue weighted by Gasteiger charge is 2.31. The predicted molar refractivity (Wildman–Crippen MR) is 112 cm³/mol. The molecule has 168 valence electrons. The van der Waals surface area contributed by atoms with Crippen LogP contribution in [0.2, 0.25) is 0 Å². The van der Waals surface area contributed by atoms with E-state index in [4.69, 9.17) is 0 Å². The van der Waals surface area contributed by atoms with Gasteiger partial charge in [-0.1, -0.05) is 0 Å². The SMILES string of the molecule is O=C(NCC1CCC(c2ccnc3ccc(F)cc23)CC1)c1ccc(OC(F)(F)F)cc1. The zero-order valence-corrected chi connectivity index (χ0v) is 17.2. The first-order valence-electron chi connectivity index (χ1n) is 10.5. The normalized spacial score (nSPS) is 19.0. The van der Waals surface area contributed by atoms with E-state index in [9.17, 15) is 22.4 Å². The van der Waals surface area contributed by atoms with Crippen molar-refractivity contribution in [1.82, 2.24) is 10.3 Å². The molecule has 1 heterocycles. The Hall–Kier alpha value is -3.16. The molecule has 0 bridgehead atoms. The van der Waals surface area contributed by atoms with Crippen LogP contribution in [0.5, 0.6) is 5.75 Å². The van der Waals surface area contributed by atoms with Gasteiger partial charge in [-0.15, -0.1) is 13.2 Å². The molecule has 4 nitrogen and oxygen atoms in total. The van der Waals surface area contributed by atoms with E-state index in [1.165, 1.54) is 24.3 Å². The van der Waals surface area contributed by atoms with Gasteiger partial charge in [0.1, 0.15) is 11.6 Å². The molecule has 0 aliphatic heterocycles. The Morgan fingerprint density at radius 2 is 1.75 bits per heavy atom. The molecule has 1 N–H and O–H groups in total. The van der Waals surface area contributed by atoms with Crippen LogP contribution in [0.4, 0.5) is 17.6 Å². The minimum absolute atomic E-state index is 0.276. The third-order valence-electron chi connectivity index (χ3n) is 5.93. The lowest BCUT2D eigenvalue weighted by Gasteiger charge is -2.29. The number of hydrogen-bond acceptors (Lipinski definition) is 3. The molecule has 32 heavy (non-hydrogen) atoms. The monoisotopic (exact) mass is 446 g/mol. The van der Waals surface area contributed by atoms with E-state index in [2.05, 4.69) is 15.0 Å². The van der Waals surface area contributed by atoms with Gasteiger partial charge in [0.15, 0.2) is 0 Å². The molecule has 1 amide bonds. The van der Waals surface area contributed by atoms with Crippen LogP contribution in [-0.2, 0) is 0 Å². The van der Waals surface area contributed by atoms with Crippen molar-refractivity contribution in [2.75, 3.05) is 6.54 Å². The zero-order chi connectivity index (χ0) is 22.7. The third kappa shape index (κ3) is 5.36. The minimum Gasteiger partial charge on any atom is -0.406 e. The lowest BCUT2D eigenvalue weighted by molar-refractivity contribution is -0.274. The summed E-state index contributed by atoms with van der Waals surface area (Å²) in [5.41, 5.74) is 2.17. The van der Waals surface area contributed by atoms with Crippen molar-refractivity contribution in [3.05, 3.63) is 71.7 Å². The molecule has 0 radical (unpaired) electrons. The Kier molecular flexibility index (Phi) is 6.30. The average Bonchev–Trinajstić information content (AvgIpc) is 2.77. The molecule has 2 aromatic carbocycles. The van der Waals surface area contributed by atoms with Crippen molar-refractivity contribution < 1.29 is 27.1 Å². The van der Waals surface area contributed by atoms with E-state index in [-0.39, 0.29) is 23.0 Å². The highest BCUT2D eigenvalue weighted by Crippen LogP contribution is 2.38. The molecule has 3 aromatic rings. The topological polar surface area (TPSA) is 51.2 Å². The van der Waals surface area contributed by atoms with Gasteiger partial charge in [-0.05, 0) is 91.6 Å². The van der Waals surface area contributed by atoms with Gasteiger partial charge in [-0.2, -0.15) is 0 Å². The van der Waals surface area contributed by atoms with Crippen molar-refractivity contribution in [1.29, 1.82) is 0 Å². The maximum absolute atomic E-state index is 13.7. The molecule has 0 unspecified atom stereocenters. The van der Waals surface area contributed by atoms with Gasteiger partial charge in [0, 0.05) is 23.7 Å². The molecule has 8 heteroatoms. The van der Waals surface area contributed by atoms with Crippen molar-refractivity contribution in [3.8, 4) is 5.75 Å². The summed E-state index contributed by atoms with van der Waals surface area (Å²) in [7, 11) is 0. The van der Waals surface area contributed by atoms with Gasteiger partial charge in [0.05, 0.1) is 5.52 Å². The van der Waals surface area contributed by atoms with E-state index >= 15 is 0 Å². The number of nitrogens with zero attached hydrogens (tertiary/aromatic N) is 1. The van der Waals surface area contributed by atoms with Crippen molar-refractivity contribution in [2.45, 2.75) is 38.0 Å². The Bertz CT molecular complexity index is 1090. The molecular formula is C24H22F4N2O2. The minimum atomic E-state index is -4.76. The second kappa shape index (κ2) is 9.14. The quantitative estimate of drug-likeness (QED) is 0.491. The number of nitrogens with one attached hydrogen (secondary N) is 1. The number of ether oxygens (including phenoxy) is 1. The number of carbonyl (C=O) groups excluding carboxylic acids is 1. The summed E-state index contributed by atoms with van der Waals surface area (Å²) < 4.78 is 54.3. The summed E-state index contributed by atoms with van der Waals surface area (Å²) >= 11 is 0. The Labute approximate surface area is 182 Å². The van der Waals surface area contributed by atoms with Crippen molar-refractivity contribution in [3.63, 3.8) is 0 Å². The maximum atomic E-state index is 13.7. The lowest BCUT2D eigenvalue weighted by atomic mass is 9.78. The van der Waals surface area contributed by atoms with Gasteiger partial charge >= 0.3 is 6.36 Å². The second-order valence-electron chi connectivity index (χ2n) is 8.06. The van der Waals surface area contributed by atoms with E-state index in [0.29, 0.717) is 18.4 Å². The molecule has 1 fully saturated rings. The average molecular weight is 446 g/mol. The molecule has 0 atom stereocenters. The van der Waals surface area contributed by atoms with Crippen LogP contribution in [-0.4, -0.2) is 23.8 Å². The van der Waals surface area contributed by atoms with Crippen molar-refractivity contribution in [2.24, 2.45) is 5.92 Å². The van der Waals surface area contributed by atoms with Gasteiger partial charge in [-0.3, -0.25) is 9.78 Å². The molecule has 1 aliphatic rings. The standard InChI is InChI=1S/C24H22F4N2O2/c25-18-7-10-22-21(13-18)20(11-12-29-22)16-3-1-15(2-4-16)14-30-23(31)17-5-8-19(9-6-17)32-24(26,27)28/h5-13,15-16H,1-4,14H2,(H,30,31). The summed E-state index contributed by atoms with van der Waals surface area (Å²) in [5, 5.41) is 3.72. The Balaban J connectivity index is 1.30. The first-order valence-corrected chi connectivity index (χ1v) is 10.5. The van der Waals surface area contributed by atoms with Gasteiger partial charge in [-0.25, -0.2) is 4.39 Å². The van der Waals surface area contributed by atoms with Gasteiger partial charge < -0.3 is 10.1 Å². The Morgan fingerprint density at radius 1 is 1.03 bits per heavy atom. The van der Waals surface area contributed by atoms with E-state index in [0.717, 1.165) is 54.3 Å². The molecule has 4 rings (SSSR count). The summed E-state index contributed by atoms with van der Waals surface area (Å²) in [6, 6.07) is 11.5. The number of amides is 1. The fourth-order valence-corrected chi connectivity index (χ4v) is 4.32. The van der Waals surface area contributed by atoms with E-state index in [1.54, 1.807) is 12.3 Å². The maximum Gasteiger partial charge on any atom is 0.573 e. The second-order valence-corrected chi connectivity index (χ2v) is 8.06. The third-order valence-corrected chi connectivity index (χ3v) is 5.93. The van der Waals surface area contributed by atoms with Crippen LogP contribution in [0.25, 0.3) is 10.9 Å². The van der Waals surface area contributed by atoms with Gasteiger partial charge in [0.2, 0.25) is 0 Å². The lowest BCUT2D eigenvalue weighted by Crippen LogP contribution is -2.31. The number of aromatic nitrogens is 1. The molecule has 0 spiro atoms. The number of halogens is 4. The fraction of sp³-hybridized carbons (Fsp3) is 0.333. The van der Waals surface area contributed by atoms with Gasteiger partial charge in [0.25, 0.3) is 5.91 Å². The predicted octanol–water partition coefficient (Wildman–Crippen LogP) is 5.98. The van der Waals surface area contributed by atoms with E-state index < -0.39 is 6.36 Å². The molecule has 1 saturated carbocycles. The number of alkyl halides is 3. The number of hydrogen-bond donors (Lipinski definition) is 1. The Morgan fingerprint density at radius 3 is 2.44 bits per heavy atom. The van der Waals surface area contributed by atoms with Crippen LogP contribution >= 0.6 is 0 Å². The zero-order valence-electron chi connectivity index (χ0n) is 17.2. The summed E-state index contributed by atoms with van der Waals surface area (Å²) in [6.45, 7) is 0.498. The molecule has 1 aromatic heterocycles. The number of benzene rings is 2. The highest BCUT2D eigenvalue weighted by molar-refractivity contribution is 5.94.